The Bertz CT molecular complexity index is 3910. The van der Waals surface area contributed by atoms with Crippen LogP contribution in [0.15, 0.2) is 261 Å². The van der Waals surface area contributed by atoms with Crippen molar-refractivity contribution >= 4 is 17.9 Å². The van der Waals surface area contributed by atoms with Crippen molar-refractivity contribution in [2.45, 2.75) is 17.4 Å². The van der Waals surface area contributed by atoms with Crippen LogP contribution in [0.5, 0.6) is 57.5 Å². The van der Waals surface area contributed by atoms with Crippen molar-refractivity contribution in [1.29, 1.82) is 0 Å². The number of carbonyl (C=O) groups excluding carboxylic acids is 3. The Hall–Kier alpha value is -11.1. The highest BCUT2D eigenvalue weighted by atomic mass is 16.8. The number of fused-ring (bicyclic) bond motifs is 3. The van der Waals surface area contributed by atoms with Gasteiger partial charge in [-0.3, -0.25) is 0 Å². The zero-order valence-electron chi connectivity index (χ0n) is 43.5. The van der Waals surface area contributed by atoms with Gasteiger partial charge in [0.2, 0.25) is 17.2 Å². The van der Waals surface area contributed by atoms with Gasteiger partial charge in [0.15, 0.2) is 34.5 Å². The van der Waals surface area contributed by atoms with Gasteiger partial charge in [0.1, 0.15) is 17.9 Å². The summed E-state index contributed by atoms with van der Waals surface area (Å²) in [5.74, 6) is -7.16. The standard InChI is InChI=1S/C69H46O13/c1-2-40-73-56-41-45(43-58-61(56)80-68(78-58,49-28-14-5-15-29-49)50-30-16-6-17-31-50)64(70)75-57-42-46(44-59-62(57)81-69(79-59,51-32-18-7-19-33-51)52-34-20-8-21-35-52)65(71)76-60-54(66(72)74-53-36-22-9-23-37-53)38-39-55-63(60)82-67(77-55,47-24-10-3-11-25-47)48-26-12-4-13-27-48/h2-39,41-44H,1,40H2. The Morgan fingerprint density at radius 1 is 0.366 bits per heavy atom. The average molecular weight is 1080 g/mol. The number of rotatable bonds is 15. The fraction of sp³-hybridized carbons (Fsp3) is 0.0580. The third-order valence-electron chi connectivity index (χ3n) is 13.9. The molecule has 3 heterocycles. The molecule has 82 heavy (non-hydrogen) atoms. The molecule has 0 fully saturated rings. The molecule has 0 aliphatic carbocycles. The number of esters is 3. The second kappa shape index (κ2) is 21.0. The maximum atomic E-state index is 15.3. The highest BCUT2D eigenvalue weighted by Gasteiger charge is 2.51. The molecule has 0 saturated heterocycles. The topological polar surface area (TPSA) is 144 Å². The van der Waals surface area contributed by atoms with Gasteiger partial charge >= 0.3 is 35.3 Å². The summed E-state index contributed by atoms with van der Waals surface area (Å²) in [5, 5.41) is 0. The van der Waals surface area contributed by atoms with Crippen molar-refractivity contribution in [3.63, 3.8) is 0 Å². The fourth-order valence-corrected chi connectivity index (χ4v) is 10.1. The summed E-state index contributed by atoms with van der Waals surface area (Å²) in [4.78, 5) is 44.6. The summed E-state index contributed by atoms with van der Waals surface area (Å²) < 4.78 is 65.8. The fourth-order valence-electron chi connectivity index (χ4n) is 10.1. The minimum Gasteiger partial charge on any atom is -0.485 e. The van der Waals surface area contributed by atoms with Crippen molar-refractivity contribution in [3.8, 4) is 57.5 Å². The average Bonchev–Trinajstić information content (AvgIpc) is 3.19. The molecule has 0 radical (unpaired) electrons. The number of ether oxygens (including phenoxy) is 10. The van der Waals surface area contributed by atoms with Crippen molar-refractivity contribution in [2.75, 3.05) is 6.61 Å². The van der Waals surface area contributed by atoms with E-state index in [2.05, 4.69) is 6.58 Å². The van der Waals surface area contributed by atoms with Gasteiger partial charge in [0.05, 0.1) is 11.1 Å². The van der Waals surface area contributed by atoms with Crippen LogP contribution in [0.3, 0.4) is 0 Å². The molecule has 400 valence electrons. The van der Waals surface area contributed by atoms with Crippen molar-refractivity contribution in [2.24, 2.45) is 0 Å². The van der Waals surface area contributed by atoms with Crippen LogP contribution in [-0.2, 0) is 17.4 Å². The zero-order chi connectivity index (χ0) is 55.7. The molecule has 10 aromatic carbocycles. The van der Waals surface area contributed by atoms with Gasteiger partial charge in [0.25, 0.3) is 0 Å². The first-order chi connectivity index (χ1) is 40.2. The van der Waals surface area contributed by atoms with E-state index in [1.807, 2.05) is 182 Å². The van der Waals surface area contributed by atoms with E-state index in [4.69, 9.17) is 47.4 Å². The Kier molecular flexibility index (Phi) is 12.9. The summed E-state index contributed by atoms with van der Waals surface area (Å²) in [6.45, 7) is 3.88. The molecule has 0 saturated carbocycles. The van der Waals surface area contributed by atoms with Gasteiger partial charge in [-0.25, -0.2) is 14.4 Å². The highest BCUT2D eigenvalue weighted by molar-refractivity contribution is 6.00. The molecular formula is C69H46O13. The lowest BCUT2D eigenvalue weighted by Crippen LogP contribution is -2.36. The zero-order valence-corrected chi connectivity index (χ0v) is 43.5. The van der Waals surface area contributed by atoms with Gasteiger partial charge in [-0.15, -0.1) is 0 Å². The van der Waals surface area contributed by atoms with Gasteiger partial charge in [0, 0.05) is 33.4 Å². The normalized spacial score (nSPS) is 14.2. The number of para-hydroxylation sites is 1. The lowest BCUT2D eigenvalue weighted by Gasteiger charge is -2.28. The minimum absolute atomic E-state index is 0.00918. The Morgan fingerprint density at radius 2 is 0.732 bits per heavy atom. The van der Waals surface area contributed by atoms with E-state index in [9.17, 15) is 4.79 Å². The SMILES string of the molecule is C=CCOc1cc(C(=O)Oc2cc(C(=O)Oc3c(C(=O)Oc4ccccc4)ccc4c3OC(c3ccccc3)(c3ccccc3)O4)cc3c2OC(c2ccccc2)(c2ccccc2)O3)cc2c1OC(c1ccccc1)(c1ccccc1)O2. The first-order valence-corrected chi connectivity index (χ1v) is 26.2. The van der Waals surface area contributed by atoms with E-state index in [1.54, 1.807) is 42.5 Å². The number of hydrogen-bond donors (Lipinski definition) is 0. The molecule has 13 heteroatoms. The van der Waals surface area contributed by atoms with Crippen LogP contribution in [0, 0.1) is 0 Å². The molecule has 0 spiro atoms. The van der Waals surface area contributed by atoms with Crippen LogP contribution in [0.1, 0.15) is 64.5 Å². The molecule has 13 rings (SSSR count). The van der Waals surface area contributed by atoms with E-state index < -0.39 is 35.3 Å². The second-order valence-electron chi connectivity index (χ2n) is 19.1. The summed E-state index contributed by atoms with van der Waals surface area (Å²) in [7, 11) is 0. The first kappa shape index (κ1) is 50.5. The summed E-state index contributed by atoms with van der Waals surface area (Å²) in [6.07, 6.45) is 1.56. The maximum Gasteiger partial charge on any atom is 0.347 e. The van der Waals surface area contributed by atoms with Gasteiger partial charge in [-0.05, 0) is 48.5 Å². The predicted octanol–water partition coefficient (Wildman–Crippen LogP) is 13.9. The lowest BCUT2D eigenvalue weighted by molar-refractivity contribution is -0.0470. The van der Waals surface area contributed by atoms with E-state index in [1.165, 1.54) is 30.3 Å². The molecule has 3 aliphatic rings. The summed E-state index contributed by atoms with van der Waals surface area (Å²) in [5.41, 5.74) is 3.37. The molecule has 10 aromatic rings. The Labute approximate surface area is 470 Å². The third kappa shape index (κ3) is 9.01. The quantitative estimate of drug-likeness (QED) is 0.0546. The third-order valence-corrected chi connectivity index (χ3v) is 13.9. The minimum atomic E-state index is -1.66. The maximum absolute atomic E-state index is 15.3. The van der Waals surface area contributed by atoms with Crippen molar-refractivity contribution < 1.29 is 61.8 Å². The monoisotopic (exact) mass is 1080 g/mol. The molecular weight excluding hydrogens is 1040 g/mol. The molecule has 0 aromatic heterocycles. The smallest absolute Gasteiger partial charge is 0.347 e. The highest BCUT2D eigenvalue weighted by Crippen LogP contribution is 2.57. The van der Waals surface area contributed by atoms with Crippen LogP contribution in [0.4, 0.5) is 0 Å². The number of hydrogen-bond acceptors (Lipinski definition) is 13. The summed E-state index contributed by atoms with van der Waals surface area (Å²) in [6, 6.07) is 72.9. The van der Waals surface area contributed by atoms with Crippen LogP contribution in [0.25, 0.3) is 0 Å². The van der Waals surface area contributed by atoms with E-state index in [-0.39, 0.29) is 80.8 Å². The van der Waals surface area contributed by atoms with Gasteiger partial charge in [-0.1, -0.05) is 213 Å². The van der Waals surface area contributed by atoms with E-state index in [0.29, 0.717) is 33.4 Å². The molecule has 0 amide bonds. The molecule has 0 N–H and O–H groups in total. The van der Waals surface area contributed by atoms with E-state index >= 15 is 9.59 Å². The Morgan fingerprint density at radius 3 is 1.16 bits per heavy atom. The van der Waals surface area contributed by atoms with Crippen LogP contribution in [0.2, 0.25) is 0 Å². The Balaban J connectivity index is 0.922. The molecule has 0 bridgehead atoms. The summed E-state index contributed by atoms with van der Waals surface area (Å²) >= 11 is 0. The number of benzene rings is 10. The largest absolute Gasteiger partial charge is 0.485 e. The van der Waals surface area contributed by atoms with Crippen LogP contribution < -0.4 is 47.4 Å². The molecule has 3 aliphatic heterocycles. The lowest BCUT2D eigenvalue weighted by atomic mass is 9.97. The number of carbonyl (C=O) groups is 3. The first-order valence-electron chi connectivity index (χ1n) is 26.2. The van der Waals surface area contributed by atoms with Gasteiger partial charge in [-0.2, -0.15) is 0 Å². The van der Waals surface area contributed by atoms with Gasteiger partial charge < -0.3 is 47.4 Å². The van der Waals surface area contributed by atoms with Crippen molar-refractivity contribution in [3.05, 3.63) is 311 Å². The second-order valence-corrected chi connectivity index (χ2v) is 19.1. The molecule has 13 nitrogen and oxygen atoms in total. The molecule has 0 unspecified atom stereocenters. The molecule has 0 atom stereocenters. The van der Waals surface area contributed by atoms with Crippen LogP contribution in [-0.4, -0.2) is 24.5 Å². The van der Waals surface area contributed by atoms with E-state index in [0.717, 1.165) is 0 Å². The van der Waals surface area contributed by atoms with Crippen molar-refractivity contribution in [1.82, 2.24) is 0 Å². The van der Waals surface area contributed by atoms with Crippen LogP contribution >= 0.6 is 0 Å². The predicted molar refractivity (Wildman–Crippen MR) is 301 cm³/mol.